The van der Waals surface area contributed by atoms with Crippen LogP contribution in [0.4, 0.5) is 5.69 Å². The van der Waals surface area contributed by atoms with Crippen LogP contribution in [0.5, 0.6) is 0 Å². The number of carbonyl (C=O) groups excluding carboxylic acids is 2. The van der Waals surface area contributed by atoms with Crippen molar-refractivity contribution < 1.29 is 19.5 Å². The van der Waals surface area contributed by atoms with Crippen molar-refractivity contribution in [2.24, 2.45) is 0 Å². The van der Waals surface area contributed by atoms with Crippen LogP contribution < -0.4 is 4.90 Å². The molecule has 8 heteroatoms. The SMILES string of the molecule is CN1C(=O)[C@@H](Cc2cccnc2)N(Cc2ccc(C(=O)O)cc2)C(=O)c2ccc(Cl)cc21. The summed E-state index contributed by atoms with van der Waals surface area (Å²) >= 11 is 6.14. The molecular weight excluding hydrogens is 430 g/mol. The zero-order valence-corrected chi connectivity index (χ0v) is 18.0. The maximum atomic E-state index is 13.6. The van der Waals surface area contributed by atoms with Crippen LogP contribution in [0.25, 0.3) is 0 Å². The normalized spacial score (nSPS) is 16.0. The molecule has 0 radical (unpaired) electrons. The van der Waals surface area contributed by atoms with Gasteiger partial charge in [0, 0.05) is 37.4 Å². The highest BCUT2D eigenvalue weighted by atomic mass is 35.5. The van der Waals surface area contributed by atoms with Gasteiger partial charge in [-0.2, -0.15) is 0 Å². The first-order chi connectivity index (χ1) is 15.3. The Hall–Kier alpha value is -3.71. The lowest BCUT2D eigenvalue weighted by Gasteiger charge is -2.30. The molecule has 162 valence electrons. The van der Waals surface area contributed by atoms with Gasteiger partial charge >= 0.3 is 5.97 Å². The number of amides is 2. The average Bonchev–Trinajstić information content (AvgIpc) is 2.86. The molecule has 1 aliphatic heterocycles. The quantitative estimate of drug-likeness (QED) is 0.641. The summed E-state index contributed by atoms with van der Waals surface area (Å²) in [6.07, 6.45) is 3.61. The van der Waals surface area contributed by atoms with Gasteiger partial charge in [0.15, 0.2) is 0 Å². The van der Waals surface area contributed by atoms with E-state index in [4.69, 9.17) is 16.7 Å². The fourth-order valence-electron chi connectivity index (χ4n) is 3.81. The molecule has 32 heavy (non-hydrogen) atoms. The third kappa shape index (κ3) is 4.20. The van der Waals surface area contributed by atoms with Crippen molar-refractivity contribution in [1.82, 2.24) is 9.88 Å². The Balaban J connectivity index is 1.77. The Bertz CT molecular complexity index is 1180. The number of hydrogen-bond donors (Lipinski definition) is 1. The molecule has 0 saturated heterocycles. The van der Waals surface area contributed by atoms with Gasteiger partial charge in [0.1, 0.15) is 6.04 Å². The van der Waals surface area contributed by atoms with E-state index in [1.54, 1.807) is 55.8 Å². The molecule has 2 aromatic carbocycles. The molecule has 2 heterocycles. The number of halogens is 1. The topological polar surface area (TPSA) is 90.8 Å². The predicted molar refractivity (Wildman–Crippen MR) is 120 cm³/mol. The number of carboxylic acid groups (broad SMARTS) is 1. The summed E-state index contributed by atoms with van der Waals surface area (Å²) in [5, 5.41) is 9.58. The van der Waals surface area contributed by atoms with Crippen LogP contribution in [-0.2, 0) is 17.8 Å². The molecule has 2 amide bonds. The summed E-state index contributed by atoms with van der Waals surface area (Å²) in [7, 11) is 1.63. The summed E-state index contributed by atoms with van der Waals surface area (Å²) in [4.78, 5) is 45.4. The molecule has 0 unspecified atom stereocenters. The van der Waals surface area contributed by atoms with E-state index in [-0.39, 0.29) is 30.3 Å². The van der Waals surface area contributed by atoms with Crippen molar-refractivity contribution in [3.8, 4) is 0 Å². The smallest absolute Gasteiger partial charge is 0.335 e. The van der Waals surface area contributed by atoms with Crippen molar-refractivity contribution >= 4 is 35.1 Å². The van der Waals surface area contributed by atoms with E-state index < -0.39 is 12.0 Å². The van der Waals surface area contributed by atoms with Crippen LogP contribution in [0.1, 0.15) is 31.8 Å². The van der Waals surface area contributed by atoms with Crippen molar-refractivity contribution in [3.63, 3.8) is 0 Å². The molecule has 0 aliphatic carbocycles. The van der Waals surface area contributed by atoms with E-state index >= 15 is 0 Å². The third-order valence-electron chi connectivity index (χ3n) is 5.51. The Morgan fingerprint density at radius 3 is 2.50 bits per heavy atom. The van der Waals surface area contributed by atoms with Crippen LogP contribution in [-0.4, -0.2) is 45.9 Å². The van der Waals surface area contributed by atoms with Crippen LogP contribution in [0, 0.1) is 0 Å². The number of pyridine rings is 1. The van der Waals surface area contributed by atoms with Crippen LogP contribution in [0.3, 0.4) is 0 Å². The van der Waals surface area contributed by atoms with Gasteiger partial charge in [-0.3, -0.25) is 14.6 Å². The number of anilines is 1. The number of aromatic carboxylic acids is 1. The lowest BCUT2D eigenvalue weighted by molar-refractivity contribution is -0.122. The van der Waals surface area contributed by atoms with E-state index in [1.165, 1.54) is 21.9 Å². The Morgan fingerprint density at radius 1 is 1.09 bits per heavy atom. The fourth-order valence-corrected chi connectivity index (χ4v) is 3.97. The minimum absolute atomic E-state index is 0.144. The van der Waals surface area contributed by atoms with Crippen molar-refractivity contribution in [3.05, 3.63) is 94.3 Å². The van der Waals surface area contributed by atoms with E-state index in [2.05, 4.69) is 4.98 Å². The lowest BCUT2D eigenvalue weighted by atomic mass is 10.0. The number of carbonyl (C=O) groups is 3. The molecule has 0 fully saturated rings. The second-order valence-electron chi connectivity index (χ2n) is 7.58. The molecule has 1 N–H and O–H groups in total. The standard InChI is InChI=1S/C24H20ClN3O4/c1-27-20-12-18(25)8-9-19(20)22(29)28(14-15-4-6-17(7-5-15)24(31)32)21(23(27)30)11-16-3-2-10-26-13-16/h2-10,12-13,21H,11,14H2,1H3,(H,31,32)/t21-/m1/s1. The summed E-state index contributed by atoms with van der Waals surface area (Å²) in [6.45, 7) is 0.144. The van der Waals surface area contributed by atoms with Crippen LogP contribution >= 0.6 is 11.6 Å². The molecule has 7 nitrogen and oxygen atoms in total. The molecule has 0 bridgehead atoms. The summed E-state index contributed by atoms with van der Waals surface area (Å²) < 4.78 is 0. The first kappa shape index (κ1) is 21.5. The zero-order valence-electron chi connectivity index (χ0n) is 17.2. The Morgan fingerprint density at radius 2 is 1.84 bits per heavy atom. The number of hydrogen-bond acceptors (Lipinski definition) is 4. The molecule has 0 spiro atoms. The van der Waals surface area contributed by atoms with Gasteiger partial charge in [0.05, 0.1) is 16.8 Å². The zero-order chi connectivity index (χ0) is 22.8. The van der Waals surface area contributed by atoms with Gasteiger partial charge in [-0.1, -0.05) is 29.8 Å². The van der Waals surface area contributed by atoms with Gasteiger partial charge in [0.25, 0.3) is 5.91 Å². The molecule has 1 aliphatic rings. The number of rotatable bonds is 5. The molecule has 1 aromatic heterocycles. The highest BCUT2D eigenvalue weighted by Gasteiger charge is 2.38. The van der Waals surface area contributed by atoms with Gasteiger partial charge in [-0.05, 0) is 47.5 Å². The first-order valence-electron chi connectivity index (χ1n) is 9.94. The maximum Gasteiger partial charge on any atom is 0.335 e. The number of fused-ring (bicyclic) bond motifs is 1. The molecule has 3 aromatic rings. The van der Waals surface area contributed by atoms with E-state index in [0.29, 0.717) is 21.8 Å². The first-order valence-corrected chi connectivity index (χ1v) is 10.3. The van der Waals surface area contributed by atoms with Crippen molar-refractivity contribution in [1.29, 1.82) is 0 Å². The molecule has 4 rings (SSSR count). The van der Waals surface area contributed by atoms with E-state index in [0.717, 1.165) is 5.56 Å². The van der Waals surface area contributed by atoms with E-state index in [1.807, 2.05) is 6.07 Å². The molecule has 0 saturated carbocycles. The summed E-state index contributed by atoms with van der Waals surface area (Å²) in [5.74, 6) is -1.57. The van der Waals surface area contributed by atoms with Gasteiger partial charge in [-0.25, -0.2) is 4.79 Å². The lowest BCUT2D eigenvalue weighted by Crippen LogP contribution is -2.48. The Labute approximate surface area is 189 Å². The second kappa shape index (κ2) is 8.80. The minimum atomic E-state index is -1.03. The van der Waals surface area contributed by atoms with Crippen LogP contribution in [0.2, 0.25) is 5.02 Å². The van der Waals surface area contributed by atoms with E-state index in [9.17, 15) is 14.4 Å². The maximum absolute atomic E-state index is 13.6. The highest BCUT2D eigenvalue weighted by molar-refractivity contribution is 6.31. The number of aromatic nitrogens is 1. The largest absolute Gasteiger partial charge is 0.478 e. The third-order valence-corrected chi connectivity index (χ3v) is 5.75. The van der Waals surface area contributed by atoms with Crippen molar-refractivity contribution in [2.75, 3.05) is 11.9 Å². The second-order valence-corrected chi connectivity index (χ2v) is 8.01. The van der Waals surface area contributed by atoms with Crippen LogP contribution in [0.15, 0.2) is 67.0 Å². The van der Waals surface area contributed by atoms with Crippen molar-refractivity contribution in [2.45, 2.75) is 19.0 Å². The molecular formula is C24H20ClN3O4. The number of likely N-dealkylation sites (N-methyl/N-ethyl adjacent to an activating group) is 1. The number of carboxylic acids is 1. The minimum Gasteiger partial charge on any atom is -0.478 e. The number of benzene rings is 2. The molecule has 1 atom stereocenters. The predicted octanol–water partition coefficient (Wildman–Crippen LogP) is 3.66. The van der Waals surface area contributed by atoms with Gasteiger partial charge in [-0.15, -0.1) is 0 Å². The summed E-state index contributed by atoms with van der Waals surface area (Å²) in [6, 6.07) is 14.0. The average molecular weight is 450 g/mol. The number of nitrogens with zero attached hydrogens (tertiary/aromatic N) is 3. The monoisotopic (exact) mass is 449 g/mol. The van der Waals surface area contributed by atoms with Gasteiger partial charge in [0.2, 0.25) is 5.91 Å². The highest BCUT2D eigenvalue weighted by Crippen LogP contribution is 2.31. The van der Waals surface area contributed by atoms with Gasteiger partial charge < -0.3 is 14.9 Å². The summed E-state index contributed by atoms with van der Waals surface area (Å²) in [5.41, 5.74) is 2.52. The fraction of sp³-hybridized carbons (Fsp3) is 0.167. The Kier molecular flexibility index (Phi) is 5.92.